The summed E-state index contributed by atoms with van der Waals surface area (Å²) in [5.74, 6) is 0.561. The largest absolute Gasteiger partial charge is 0.489 e. The SMILES string of the molecule is C#CCN1C(=O)COc2cc(F)c(N3C(=O)C4=C(CCCC4)C3=O)cc21.CC(C)Oc1cc(-n2nc(C(C)(C)C)oc2=O)c(Cl)cc1Cl. The minimum Gasteiger partial charge on any atom is -0.489 e. The molecule has 6 rings (SSSR count). The first-order valence-corrected chi connectivity index (χ1v) is 16.0. The highest BCUT2D eigenvalue weighted by molar-refractivity contribution is 6.36. The number of carbonyl (C=O) groups is 3. The van der Waals surface area contributed by atoms with Gasteiger partial charge in [0.2, 0.25) is 5.89 Å². The van der Waals surface area contributed by atoms with Crippen LogP contribution in [-0.2, 0) is 19.8 Å². The number of amides is 3. The molecule has 0 fully saturated rings. The number of hydrogen-bond acceptors (Lipinski definition) is 8. The summed E-state index contributed by atoms with van der Waals surface area (Å²) in [6.07, 6.45) is 7.95. The van der Waals surface area contributed by atoms with Crippen LogP contribution in [0.25, 0.3) is 5.69 Å². The lowest BCUT2D eigenvalue weighted by Gasteiger charge is -2.29. The van der Waals surface area contributed by atoms with Crippen molar-refractivity contribution in [2.75, 3.05) is 23.0 Å². The molecule has 1 aliphatic carbocycles. The number of nitrogens with zero attached hydrogens (tertiary/aromatic N) is 4. The minimum atomic E-state index is -0.764. The fourth-order valence-corrected chi connectivity index (χ4v) is 5.87. The maximum atomic E-state index is 14.7. The highest BCUT2D eigenvalue weighted by Gasteiger charge is 2.41. The van der Waals surface area contributed by atoms with Gasteiger partial charge in [-0.25, -0.2) is 14.1 Å². The van der Waals surface area contributed by atoms with Crippen LogP contribution in [0.3, 0.4) is 0 Å². The van der Waals surface area contributed by atoms with Gasteiger partial charge in [-0.3, -0.25) is 19.3 Å². The van der Waals surface area contributed by atoms with E-state index in [1.54, 1.807) is 6.07 Å². The fraction of sp³-hybridized carbons (Fsp3) is 0.382. The van der Waals surface area contributed by atoms with Crippen LogP contribution in [0.1, 0.15) is 66.2 Å². The molecule has 252 valence electrons. The van der Waals surface area contributed by atoms with Gasteiger partial charge in [0.15, 0.2) is 12.4 Å². The predicted molar refractivity (Wildman–Crippen MR) is 178 cm³/mol. The minimum absolute atomic E-state index is 0.0170. The van der Waals surface area contributed by atoms with Crippen molar-refractivity contribution >= 4 is 52.3 Å². The van der Waals surface area contributed by atoms with E-state index >= 15 is 0 Å². The third-order valence-electron chi connectivity index (χ3n) is 7.63. The monoisotopic (exact) mass is 698 g/mol. The van der Waals surface area contributed by atoms with Crippen molar-refractivity contribution in [3.05, 3.63) is 67.7 Å². The highest BCUT2D eigenvalue weighted by Crippen LogP contribution is 2.42. The number of terminal acetylenes is 1. The van der Waals surface area contributed by atoms with E-state index in [4.69, 9.17) is 43.5 Å². The smallest absolute Gasteiger partial charge is 0.442 e. The van der Waals surface area contributed by atoms with Crippen molar-refractivity contribution in [3.63, 3.8) is 0 Å². The number of anilines is 2. The van der Waals surface area contributed by atoms with Gasteiger partial charge in [0.1, 0.15) is 11.5 Å². The zero-order valence-corrected chi connectivity index (χ0v) is 28.5. The molecule has 0 bridgehead atoms. The Morgan fingerprint density at radius 2 is 1.62 bits per heavy atom. The quantitative estimate of drug-likeness (QED) is 0.230. The molecule has 0 unspecified atom stereocenters. The van der Waals surface area contributed by atoms with Crippen LogP contribution in [0, 0.1) is 18.2 Å². The van der Waals surface area contributed by atoms with Crippen molar-refractivity contribution in [3.8, 4) is 29.5 Å². The molecule has 0 radical (unpaired) electrons. The number of ether oxygens (including phenoxy) is 2. The van der Waals surface area contributed by atoms with E-state index in [2.05, 4.69) is 11.0 Å². The summed E-state index contributed by atoms with van der Waals surface area (Å²) < 4.78 is 31.9. The number of aromatic nitrogens is 2. The zero-order chi connectivity index (χ0) is 35.1. The Bertz CT molecular complexity index is 1920. The average Bonchev–Trinajstić information content (AvgIpc) is 3.53. The van der Waals surface area contributed by atoms with E-state index in [-0.39, 0.29) is 52.7 Å². The van der Waals surface area contributed by atoms with Gasteiger partial charge >= 0.3 is 5.76 Å². The predicted octanol–water partition coefficient (Wildman–Crippen LogP) is 6.15. The van der Waals surface area contributed by atoms with Crippen molar-refractivity contribution < 1.29 is 32.7 Å². The van der Waals surface area contributed by atoms with Crippen LogP contribution < -0.4 is 25.0 Å². The number of rotatable bonds is 5. The van der Waals surface area contributed by atoms with Crippen LogP contribution >= 0.6 is 23.2 Å². The standard InChI is InChI=1S/C19H15FN2O4.C15H18Cl2N2O3/c1-2-7-21-15-9-14(13(20)8-16(15)26-10-17(21)23)22-18(24)11-5-3-4-6-12(11)19(22)25;1-8(2)21-12-7-11(9(16)6-10(12)17)19-14(20)22-13(18-19)15(3,4)5/h1,8-9H,3-7,10H2;6-8H,1-5H3. The zero-order valence-electron chi connectivity index (χ0n) is 27.0. The molecule has 2 aliphatic heterocycles. The molecule has 3 heterocycles. The lowest BCUT2D eigenvalue weighted by molar-refractivity contribution is -0.121. The Balaban J connectivity index is 0.000000191. The second-order valence-corrected chi connectivity index (χ2v) is 13.4. The van der Waals surface area contributed by atoms with Crippen molar-refractivity contribution in [2.45, 2.75) is 71.8 Å². The molecule has 0 saturated heterocycles. The fourth-order valence-electron chi connectivity index (χ4n) is 5.36. The van der Waals surface area contributed by atoms with E-state index in [1.807, 2.05) is 34.6 Å². The molecule has 3 aromatic rings. The molecule has 2 aromatic carbocycles. The maximum absolute atomic E-state index is 14.7. The molecule has 0 atom stereocenters. The average molecular weight is 700 g/mol. The van der Waals surface area contributed by atoms with Gasteiger partial charge in [0, 0.05) is 28.7 Å². The van der Waals surface area contributed by atoms with Crippen LogP contribution in [0.4, 0.5) is 15.8 Å². The van der Waals surface area contributed by atoms with E-state index in [0.29, 0.717) is 46.3 Å². The van der Waals surface area contributed by atoms with Gasteiger partial charge < -0.3 is 13.9 Å². The van der Waals surface area contributed by atoms with Crippen molar-refractivity contribution in [2.24, 2.45) is 0 Å². The van der Waals surface area contributed by atoms with Crippen molar-refractivity contribution in [1.29, 1.82) is 0 Å². The number of hydrogen-bond donors (Lipinski definition) is 0. The highest BCUT2D eigenvalue weighted by atomic mass is 35.5. The summed E-state index contributed by atoms with van der Waals surface area (Å²) in [7, 11) is 0. The van der Waals surface area contributed by atoms with E-state index in [9.17, 15) is 23.6 Å². The summed E-state index contributed by atoms with van der Waals surface area (Å²) in [6, 6.07) is 5.47. The Hall–Kier alpha value is -4.60. The third kappa shape index (κ3) is 6.70. The summed E-state index contributed by atoms with van der Waals surface area (Å²) in [4.78, 5) is 51.6. The number of benzene rings is 2. The summed E-state index contributed by atoms with van der Waals surface area (Å²) in [5, 5.41) is 4.88. The number of carbonyl (C=O) groups excluding carboxylic acids is 3. The number of imide groups is 1. The van der Waals surface area contributed by atoms with Crippen LogP contribution in [0.2, 0.25) is 10.0 Å². The van der Waals surface area contributed by atoms with Gasteiger partial charge in [-0.15, -0.1) is 11.5 Å². The van der Waals surface area contributed by atoms with Gasteiger partial charge in [0.05, 0.1) is 39.8 Å². The lowest BCUT2D eigenvalue weighted by Crippen LogP contribution is -2.39. The molecule has 3 amide bonds. The Labute approximate surface area is 286 Å². The summed E-state index contributed by atoms with van der Waals surface area (Å²) in [5.41, 5.74) is 0.971. The summed E-state index contributed by atoms with van der Waals surface area (Å²) in [6.45, 7) is 9.20. The molecule has 0 saturated carbocycles. The van der Waals surface area contributed by atoms with E-state index in [1.165, 1.54) is 17.0 Å². The second-order valence-electron chi connectivity index (χ2n) is 12.6. The maximum Gasteiger partial charge on any atom is 0.442 e. The number of fused-ring (bicyclic) bond motifs is 1. The second kappa shape index (κ2) is 13.5. The molecule has 11 nitrogen and oxygen atoms in total. The lowest BCUT2D eigenvalue weighted by atomic mass is 9.93. The van der Waals surface area contributed by atoms with Crippen LogP contribution in [0.15, 0.2) is 44.6 Å². The Morgan fingerprint density at radius 3 is 2.19 bits per heavy atom. The van der Waals surface area contributed by atoms with E-state index < -0.39 is 23.4 Å². The van der Waals surface area contributed by atoms with Gasteiger partial charge in [-0.1, -0.05) is 49.9 Å². The topological polar surface area (TPSA) is 124 Å². The molecule has 0 N–H and O–H groups in total. The summed E-state index contributed by atoms with van der Waals surface area (Å²) >= 11 is 12.3. The molecular weight excluding hydrogens is 666 g/mol. The normalized spacial score (nSPS) is 16.0. The molecule has 1 aromatic heterocycles. The molecule has 14 heteroatoms. The van der Waals surface area contributed by atoms with Gasteiger partial charge in [-0.05, 0) is 51.7 Å². The Kier molecular flexibility index (Phi) is 9.76. The molecular formula is C34H33Cl2FN4O7. The van der Waals surface area contributed by atoms with Gasteiger partial charge in [-0.2, -0.15) is 4.68 Å². The van der Waals surface area contributed by atoms with Crippen molar-refractivity contribution in [1.82, 2.24) is 9.78 Å². The first-order valence-electron chi connectivity index (χ1n) is 15.2. The van der Waals surface area contributed by atoms with E-state index in [0.717, 1.165) is 28.5 Å². The Morgan fingerprint density at radius 1 is 0.979 bits per heavy atom. The molecule has 0 spiro atoms. The van der Waals surface area contributed by atoms with Crippen LogP contribution in [-0.4, -0.2) is 46.8 Å². The third-order valence-corrected chi connectivity index (χ3v) is 8.23. The van der Waals surface area contributed by atoms with Gasteiger partial charge in [0.25, 0.3) is 17.7 Å². The number of halogens is 3. The first kappa shape index (κ1) is 34.7. The van der Waals surface area contributed by atoms with Crippen LogP contribution in [0.5, 0.6) is 11.5 Å². The molecule has 3 aliphatic rings. The molecule has 48 heavy (non-hydrogen) atoms. The first-order chi connectivity index (χ1) is 22.6.